The van der Waals surface area contributed by atoms with E-state index in [0.29, 0.717) is 22.5 Å². The molecular weight excluding hydrogens is 346 g/mol. The Bertz CT molecular complexity index is 868. The molecule has 0 fully saturated rings. The molecule has 0 spiro atoms. The van der Waals surface area contributed by atoms with Gasteiger partial charge >= 0.3 is 5.97 Å². The lowest BCUT2D eigenvalue weighted by Crippen LogP contribution is -2.31. The number of nitrogens with one attached hydrogen (secondary N) is 1. The minimum atomic E-state index is -0.451. The quantitative estimate of drug-likeness (QED) is 0.794. The number of nitrogens with zero attached hydrogens (tertiary/aromatic N) is 2. The van der Waals surface area contributed by atoms with Crippen LogP contribution in [0.2, 0.25) is 0 Å². The Balaban J connectivity index is 1.96. The molecule has 2 amide bonds. The van der Waals surface area contributed by atoms with E-state index in [1.807, 2.05) is 6.07 Å². The van der Waals surface area contributed by atoms with Crippen molar-refractivity contribution in [3.8, 4) is 6.07 Å². The molecule has 0 saturated heterocycles. The number of methoxy groups -OCH3 is 1. The van der Waals surface area contributed by atoms with E-state index in [-0.39, 0.29) is 24.8 Å². The molecule has 2 aromatic carbocycles. The Kier molecular flexibility index (Phi) is 6.67. The summed E-state index contributed by atoms with van der Waals surface area (Å²) in [6.45, 7) is 1.62. The Morgan fingerprint density at radius 3 is 2.22 bits per heavy atom. The zero-order valence-electron chi connectivity index (χ0n) is 15.1. The summed E-state index contributed by atoms with van der Waals surface area (Å²) >= 11 is 0. The summed E-state index contributed by atoms with van der Waals surface area (Å²) < 4.78 is 4.62. The maximum Gasteiger partial charge on any atom is 0.337 e. The van der Waals surface area contributed by atoms with Crippen LogP contribution in [-0.4, -0.2) is 31.4 Å². The van der Waals surface area contributed by atoms with E-state index in [9.17, 15) is 14.4 Å². The number of carbonyl (C=O) groups excluding carboxylic acids is 3. The molecule has 0 bridgehead atoms. The molecule has 2 rings (SSSR count). The lowest BCUT2D eigenvalue weighted by Gasteiger charge is -2.21. The van der Waals surface area contributed by atoms with Gasteiger partial charge in [0, 0.05) is 31.3 Å². The van der Waals surface area contributed by atoms with Crippen LogP contribution >= 0.6 is 0 Å². The number of nitriles is 1. The Morgan fingerprint density at radius 2 is 1.70 bits per heavy atom. The normalized spacial score (nSPS) is 9.81. The second-order valence-electron chi connectivity index (χ2n) is 5.70. The molecular formula is C20H19N3O4. The molecule has 0 atom stereocenters. The second kappa shape index (κ2) is 9.15. The van der Waals surface area contributed by atoms with Crippen LogP contribution in [0.5, 0.6) is 0 Å². The molecule has 0 heterocycles. The second-order valence-corrected chi connectivity index (χ2v) is 5.70. The van der Waals surface area contributed by atoms with E-state index < -0.39 is 5.97 Å². The highest BCUT2D eigenvalue weighted by molar-refractivity contribution is 5.95. The largest absolute Gasteiger partial charge is 0.465 e. The van der Waals surface area contributed by atoms with Gasteiger partial charge in [-0.15, -0.1) is 0 Å². The van der Waals surface area contributed by atoms with E-state index >= 15 is 0 Å². The Hall–Kier alpha value is -3.66. The Morgan fingerprint density at radius 1 is 1.07 bits per heavy atom. The van der Waals surface area contributed by atoms with Gasteiger partial charge in [0.15, 0.2) is 0 Å². The van der Waals surface area contributed by atoms with E-state index in [2.05, 4.69) is 10.1 Å². The van der Waals surface area contributed by atoms with Crippen LogP contribution in [0.4, 0.5) is 11.4 Å². The molecule has 0 aliphatic heterocycles. The summed E-state index contributed by atoms with van der Waals surface area (Å²) in [6.07, 6.45) is 0.0956. The van der Waals surface area contributed by atoms with Gasteiger partial charge in [0.25, 0.3) is 0 Å². The van der Waals surface area contributed by atoms with Crippen molar-refractivity contribution in [1.29, 1.82) is 5.26 Å². The van der Waals surface area contributed by atoms with Crippen molar-refractivity contribution in [2.24, 2.45) is 0 Å². The number of ether oxygens (including phenoxy) is 1. The third-order valence-electron chi connectivity index (χ3n) is 3.84. The standard InChI is InChI=1S/C20H19N3O4/c1-14(24)23(18-9-3-15(13-21)4-10-18)12-11-19(25)22-17-7-5-16(6-8-17)20(26)27-2/h3-10H,11-12H2,1-2H3,(H,22,25). The van der Waals surface area contributed by atoms with Crippen molar-refractivity contribution in [2.75, 3.05) is 23.9 Å². The predicted molar refractivity (Wildman–Crippen MR) is 100 cm³/mol. The zero-order chi connectivity index (χ0) is 19.8. The number of hydrogen-bond donors (Lipinski definition) is 1. The van der Waals surface area contributed by atoms with E-state index in [1.54, 1.807) is 48.5 Å². The number of anilines is 2. The van der Waals surface area contributed by atoms with Gasteiger partial charge < -0.3 is 15.0 Å². The maximum atomic E-state index is 12.2. The van der Waals surface area contributed by atoms with Gasteiger partial charge in [-0.3, -0.25) is 9.59 Å². The minimum Gasteiger partial charge on any atom is -0.465 e. The van der Waals surface area contributed by atoms with E-state index in [0.717, 1.165) is 0 Å². The first-order valence-electron chi connectivity index (χ1n) is 8.21. The average molecular weight is 365 g/mol. The summed E-state index contributed by atoms with van der Waals surface area (Å²) in [4.78, 5) is 36.9. The van der Waals surface area contributed by atoms with E-state index in [4.69, 9.17) is 5.26 Å². The highest BCUT2D eigenvalue weighted by Crippen LogP contribution is 2.16. The van der Waals surface area contributed by atoms with Crippen LogP contribution in [0.25, 0.3) is 0 Å². The lowest BCUT2D eigenvalue weighted by atomic mass is 10.2. The molecule has 1 N–H and O–H groups in total. The number of hydrogen-bond acceptors (Lipinski definition) is 5. The fourth-order valence-corrected chi connectivity index (χ4v) is 2.43. The van der Waals surface area contributed by atoms with Crippen LogP contribution in [0.1, 0.15) is 29.3 Å². The molecule has 0 aliphatic rings. The first kappa shape index (κ1) is 19.7. The van der Waals surface area contributed by atoms with Crippen LogP contribution in [0, 0.1) is 11.3 Å². The van der Waals surface area contributed by atoms with Gasteiger partial charge in [-0.2, -0.15) is 5.26 Å². The molecule has 0 aliphatic carbocycles. The highest BCUT2D eigenvalue weighted by Gasteiger charge is 2.14. The third-order valence-corrected chi connectivity index (χ3v) is 3.84. The summed E-state index contributed by atoms with van der Waals surface area (Å²) in [5, 5.41) is 11.6. The molecule has 7 nitrogen and oxygen atoms in total. The lowest BCUT2D eigenvalue weighted by molar-refractivity contribution is -0.117. The molecule has 7 heteroatoms. The first-order valence-corrected chi connectivity index (χ1v) is 8.21. The highest BCUT2D eigenvalue weighted by atomic mass is 16.5. The first-order chi connectivity index (χ1) is 12.9. The minimum absolute atomic E-state index is 0.0956. The monoisotopic (exact) mass is 365 g/mol. The van der Waals surface area contributed by atoms with Crippen molar-refractivity contribution in [3.05, 3.63) is 59.7 Å². The van der Waals surface area contributed by atoms with Gasteiger partial charge in [-0.25, -0.2) is 4.79 Å². The number of esters is 1. The molecule has 0 saturated carbocycles. The van der Waals surface area contributed by atoms with E-state index in [1.165, 1.54) is 18.9 Å². The van der Waals surface area contributed by atoms with Crippen LogP contribution in [0.15, 0.2) is 48.5 Å². The maximum absolute atomic E-state index is 12.2. The summed E-state index contributed by atoms with van der Waals surface area (Å²) in [6, 6.07) is 14.9. The topological polar surface area (TPSA) is 99.5 Å². The van der Waals surface area contributed by atoms with Crippen LogP contribution < -0.4 is 10.2 Å². The van der Waals surface area contributed by atoms with Crippen molar-refractivity contribution in [2.45, 2.75) is 13.3 Å². The Labute approximate surface area is 157 Å². The third kappa shape index (κ3) is 5.41. The molecule has 27 heavy (non-hydrogen) atoms. The smallest absolute Gasteiger partial charge is 0.337 e. The van der Waals surface area contributed by atoms with Crippen molar-refractivity contribution >= 4 is 29.2 Å². The SMILES string of the molecule is COC(=O)c1ccc(NC(=O)CCN(C(C)=O)c2ccc(C#N)cc2)cc1. The summed E-state index contributed by atoms with van der Waals surface area (Å²) in [5.41, 5.74) is 2.05. The fraction of sp³-hybridized carbons (Fsp3) is 0.200. The molecule has 138 valence electrons. The van der Waals surface area contributed by atoms with Gasteiger partial charge in [-0.05, 0) is 48.5 Å². The fourth-order valence-electron chi connectivity index (χ4n) is 2.43. The van der Waals surface area contributed by atoms with Crippen molar-refractivity contribution in [1.82, 2.24) is 0 Å². The van der Waals surface area contributed by atoms with Crippen molar-refractivity contribution < 1.29 is 19.1 Å². The number of rotatable bonds is 6. The van der Waals surface area contributed by atoms with Gasteiger partial charge in [0.2, 0.25) is 11.8 Å². The number of amides is 2. The van der Waals surface area contributed by atoms with Crippen LogP contribution in [0.3, 0.4) is 0 Å². The van der Waals surface area contributed by atoms with Gasteiger partial charge in [0.05, 0.1) is 24.3 Å². The van der Waals surface area contributed by atoms with Gasteiger partial charge in [-0.1, -0.05) is 0 Å². The number of benzene rings is 2. The van der Waals surface area contributed by atoms with Crippen LogP contribution in [-0.2, 0) is 14.3 Å². The number of carbonyl (C=O) groups is 3. The molecule has 0 unspecified atom stereocenters. The molecule has 2 aromatic rings. The molecule has 0 aromatic heterocycles. The predicted octanol–water partition coefficient (Wildman–Crippen LogP) is 2.73. The summed E-state index contributed by atoms with van der Waals surface area (Å²) in [7, 11) is 1.30. The zero-order valence-corrected chi connectivity index (χ0v) is 15.1. The molecule has 0 radical (unpaired) electrons. The summed E-state index contributed by atoms with van der Waals surface area (Å²) in [5.74, 6) is -0.914. The van der Waals surface area contributed by atoms with Gasteiger partial charge in [0.1, 0.15) is 0 Å². The van der Waals surface area contributed by atoms with Crippen molar-refractivity contribution in [3.63, 3.8) is 0 Å². The average Bonchev–Trinajstić information content (AvgIpc) is 2.68.